The average molecular weight is 358 g/mol. The lowest BCUT2D eigenvalue weighted by Gasteiger charge is -2.27. The van der Waals surface area contributed by atoms with E-state index in [1.807, 2.05) is 6.92 Å². The molecule has 1 amide bonds. The summed E-state index contributed by atoms with van der Waals surface area (Å²) in [5.41, 5.74) is -0.899. The summed E-state index contributed by atoms with van der Waals surface area (Å²) in [6, 6.07) is 2.05. The van der Waals surface area contributed by atoms with Crippen molar-refractivity contribution in [1.29, 1.82) is 0 Å². The number of halogens is 1. The number of hydrogen-bond donors (Lipinski definition) is 2. The maximum atomic E-state index is 14.0. The Morgan fingerprint density at radius 2 is 2.12 bits per heavy atom. The predicted molar refractivity (Wildman–Crippen MR) is 88.3 cm³/mol. The van der Waals surface area contributed by atoms with Gasteiger partial charge in [-0.3, -0.25) is 10.1 Å². The number of benzene rings is 1. The summed E-state index contributed by atoms with van der Waals surface area (Å²) >= 11 is 0. The highest BCUT2D eigenvalue weighted by molar-refractivity contribution is 5.65. The van der Waals surface area contributed by atoms with Crippen LogP contribution in [0.25, 0.3) is 0 Å². The SMILES string of the molecule is COc1cc(F)c(COCC(C)CC(C)(C)NC(=O)O)cc1[N+](=O)[O-]. The summed E-state index contributed by atoms with van der Waals surface area (Å²) < 4.78 is 24.2. The summed E-state index contributed by atoms with van der Waals surface area (Å²) in [7, 11) is 1.23. The van der Waals surface area contributed by atoms with E-state index in [2.05, 4.69) is 5.32 Å². The molecule has 0 heterocycles. The fraction of sp³-hybridized carbons (Fsp3) is 0.562. The van der Waals surface area contributed by atoms with Gasteiger partial charge in [0.05, 0.1) is 18.6 Å². The minimum atomic E-state index is -1.11. The van der Waals surface area contributed by atoms with Crippen LogP contribution in [-0.2, 0) is 11.3 Å². The summed E-state index contributed by atoms with van der Waals surface area (Å²) in [5, 5.41) is 22.2. The number of amides is 1. The highest BCUT2D eigenvalue weighted by Gasteiger charge is 2.23. The number of carboxylic acid groups (broad SMARTS) is 1. The molecule has 0 bridgehead atoms. The molecule has 1 unspecified atom stereocenters. The van der Waals surface area contributed by atoms with E-state index >= 15 is 0 Å². The van der Waals surface area contributed by atoms with Crippen LogP contribution in [0.1, 0.15) is 32.8 Å². The molecular weight excluding hydrogens is 335 g/mol. The van der Waals surface area contributed by atoms with Crippen LogP contribution < -0.4 is 10.1 Å². The van der Waals surface area contributed by atoms with Crippen molar-refractivity contribution in [1.82, 2.24) is 5.32 Å². The van der Waals surface area contributed by atoms with E-state index in [0.717, 1.165) is 12.1 Å². The number of ether oxygens (including phenoxy) is 2. The Kier molecular flexibility index (Phi) is 7.10. The zero-order valence-corrected chi connectivity index (χ0v) is 14.7. The molecular formula is C16H23FN2O6. The van der Waals surface area contributed by atoms with Gasteiger partial charge in [-0.05, 0) is 26.2 Å². The van der Waals surface area contributed by atoms with Crippen molar-refractivity contribution in [2.45, 2.75) is 39.3 Å². The number of nitro benzene ring substituents is 1. The predicted octanol–water partition coefficient (Wildman–Crippen LogP) is 3.33. The van der Waals surface area contributed by atoms with E-state index in [1.165, 1.54) is 7.11 Å². The number of hydrogen-bond acceptors (Lipinski definition) is 5. The minimum absolute atomic E-state index is 0.00172. The second-order valence-corrected chi connectivity index (χ2v) is 6.51. The van der Waals surface area contributed by atoms with E-state index in [-0.39, 0.29) is 36.1 Å². The highest BCUT2D eigenvalue weighted by Crippen LogP contribution is 2.30. The monoisotopic (exact) mass is 358 g/mol. The van der Waals surface area contributed by atoms with Gasteiger partial charge in [0.1, 0.15) is 5.82 Å². The molecule has 1 aromatic carbocycles. The summed E-state index contributed by atoms with van der Waals surface area (Å²) in [6.45, 7) is 5.50. The number of carbonyl (C=O) groups is 1. The van der Waals surface area contributed by atoms with Gasteiger partial charge in [-0.15, -0.1) is 0 Å². The van der Waals surface area contributed by atoms with Crippen LogP contribution in [0.5, 0.6) is 5.75 Å². The molecule has 1 atom stereocenters. The Balaban J connectivity index is 2.65. The number of nitrogens with one attached hydrogen (secondary N) is 1. The molecule has 0 saturated carbocycles. The molecule has 0 aliphatic heterocycles. The van der Waals surface area contributed by atoms with Gasteiger partial charge in [0.25, 0.3) is 0 Å². The van der Waals surface area contributed by atoms with Gasteiger partial charge < -0.3 is 19.9 Å². The zero-order chi connectivity index (χ0) is 19.2. The smallest absolute Gasteiger partial charge is 0.405 e. The van der Waals surface area contributed by atoms with Crippen LogP contribution in [-0.4, -0.2) is 35.4 Å². The Bertz CT molecular complexity index is 635. The van der Waals surface area contributed by atoms with E-state index in [0.29, 0.717) is 6.42 Å². The largest absolute Gasteiger partial charge is 0.490 e. The quantitative estimate of drug-likeness (QED) is 0.517. The molecule has 0 spiro atoms. The number of rotatable bonds is 9. The maximum absolute atomic E-state index is 14.0. The molecule has 8 nitrogen and oxygen atoms in total. The van der Waals surface area contributed by atoms with Crippen molar-refractivity contribution < 1.29 is 28.7 Å². The number of nitro groups is 1. The Morgan fingerprint density at radius 1 is 1.48 bits per heavy atom. The highest BCUT2D eigenvalue weighted by atomic mass is 19.1. The van der Waals surface area contributed by atoms with Gasteiger partial charge in [0.2, 0.25) is 0 Å². The van der Waals surface area contributed by atoms with Crippen LogP contribution in [0.2, 0.25) is 0 Å². The first-order valence-electron chi connectivity index (χ1n) is 7.65. The maximum Gasteiger partial charge on any atom is 0.405 e. The Morgan fingerprint density at radius 3 is 2.64 bits per heavy atom. The molecule has 9 heteroatoms. The van der Waals surface area contributed by atoms with Crippen molar-refractivity contribution >= 4 is 11.8 Å². The van der Waals surface area contributed by atoms with Crippen molar-refractivity contribution in [3.8, 4) is 5.75 Å². The summed E-state index contributed by atoms with van der Waals surface area (Å²) in [4.78, 5) is 21.1. The molecule has 0 aliphatic carbocycles. The minimum Gasteiger partial charge on any atom is -0.490 e. The Labute approximate surface area is 145 Å². The van der Waals surface area contributed by atoms with Crippen LogP contribution in [0.15, 0.2) is 12.1 Å². The van der Waals surface area contributed by atoms with Crippen molar-refractivity contribution in [3.63, 3.8) is 0 Å². The van der Waals surface area contributed by atoms with Crippen LogP contribution in [0.3, 0.4) is 0 Å². The van der Waals surface area contributed by atoms with E-state index < -0.39 is 22.4 Å². The van der Waals surface area contributed by atoms with Gasteiger partial charge in [0, 0.05) is 29.8 Å². The third kappa shape index (κ3) is 6.54. The fourth-order valence-electron chi connectivity index (χ4n) is 2.64. The molecule has 1 rings (SSSR count). The molecule has 0 aromatic heterocycles. The van der Waals surface area contributed by atoms with Crippen molar-refractivity contribution in [3.05, 3.63) is 33.6 Å². The third-order valence-corrected chi connectivity index (χ3v) is 3.51. The lowest BCUT2D eigenvalue weighted by atomic mass is 9.92. The van der Waals surface area contributed by atoms with Crippen LogP contribution in [0.4, 0.5) is 14.9 Å². The molecule has 0 fully saturated rings. The van der Waals surface area contributed by atoms with Crippen LogP contribution in [0, 0.1) is 21.8 Å². The number of methoxy groups -OCH3 is 1. The van der Waals surface area contributed by atoms with Crippen molar-refractivity contribution in [2.24, 2.45) is 5.92 Å². The lowest BCUT2D eigenvalue weighted by Crippen LogP contribution is -2.44. The van der Waals surface area contributed by atoms with E-state index in [4.69, 9.17) is 14.6 Å². The topological polar surface area (TPSA) is 111 Å². The molecule has 140 valence electrons. The molecule has 1 aromatic rings. The normalized spacial score (nSPS) is 12.5. The summed E-state index contributed by atoms with van der Waals surface area (Å²) in [5.74, 6) is -0.803. The first-order valence-corrected chi connectivity index (χ1v) is 7.65. The number of nitrogens with zero attached hydrogens (tertiary/aromatic N) is 1. The Hall–Kier alpha value is -2.42. The molecule has 2 N–H and O–H groups in total. The van der Waals surface area contributed by atoms with Crippen LogP contribution >= 0.6 is 0 Å². The second-order valence-electron chi connectivity index (χ2n) is 6.51. The summed E-state index contributed by atoms with van der Waals surface area (Å²) in [6.07, 6.45) is -0.587. The van der Waals surface area contributed by atoms with Crippen molar-refractivity contribution in [2.75, 3.05) is 13.7 Å². The fourth-order valence-corrected chi connectivity index (χ4v) is 2.64. The lowest BCUT2D eigenvalue weighted by molar-refractivity contribution is -0.385. The average Bonchev–Trinajstić information content (AvgIpc) is 2.46. The van der Waals surface area contributed by atoms with Gasteiger partial charge in [-0.25, -0.2) is 9.18 Å². The zero-order valence-electron chi connectivity index (χ0n) is 14.7. The molecule has 0 aliphatic rings. The second kappa shape index (κ2) is 8.61. The van der Waals surface area contributed by atoms with Gasteiger partial charge in [0.15, 0.2) is 5.75 Å². The standard InChI is InChI=1S/C16H23FN2O6/c1-10(7-16(2,3)18-15(20)21)8-25-9-11-5-13(19(22)23)14(24-4)6-12(11)17/h5-6,10,18H,7-9H2,1-4H3,(H,20,21). The molecule has 25 heavy (non-hydrogen) atoms. The van der Waals surface area contributed by atoms with Gasteiger partial charge in [-0.1, -0.05) is 6.92 Å². The first kappa shape index (κ1) is 20.6. The van der Waals surface area contributed by atoms with Gasteiger partial charge in [-0.2, -0.15) is 0 Å². The third-order valence-electron chi connectivity index (χ3n) is 3.51. The van der Waals surface area contributed by atoms with E-state index in [1.54, 1.807) is 13.8 Å². The molecule has 0 radical (unpaired) electrons. The van der Waals surface area contributed by atoms with E-state index in [9.17, 15) is 19.3 Å². The molecule has 0 saturated heterocycles. The van der Waals surface area contributed by atoms with Gasteiger partial charge >= 0.3 is 11.8 Å². The first-order chi connectivity index (χ1) is 11.6.